The van der Waals surface area contributed by atoms with Gasteiger partial charge in [-0.3, -0.25) is 4.79 Å². The van der Waals surface area contributed by atoms with Crippen LogP contribution >= 0.6 is 11.6 Å². The first-order chi connectivity index (χ1) is 13.5. The lowest BCUT2D eigenvalue weighted by Gasteiger charge is -2.32. The number of anilines is 2. The maximum Gasteiger partial charge on any atom is 0.339 e. The zero-order valence-corrected chi connectivity index (χ0v) is 16.2. The van der Waals surface area contributed by atoms with E-state index < -0.39 is 11.8 Å². The van der Waals surface area contributed by atoms with Gasteiger partial charge < -0.3 is 15.0 Å². The van der Waals surface area contributed by atoms with Crippen LogP contribution in [0.2, 0.25) is 5.02 Å². The quantitative estimate of drug-likeness (QED) is 0.764. The summed E-state index contributed by atoms with van der Waals surface area (Å²) in [6, 6.07) is 7.60. The summed E-state index contributed by atoms with van der Waals surface area (Å²) in [5, 5.41) is 2.77. The van der Waals surface area contributed by atoms with Gasteiger partial charge in [0.2, 0.25) is 5.91 Å². The maximum absolute atomic E-state index is 13.2. The van der Waals surface area contributed by atoms with Crippen molar-refractivity contribution < 1.29 is 18.7 Å². The number of carbonyl (C=O) groups excluding carboxylic acids is 2. The monoisotopic (exact) mass is 405 g/mol. The first-order valence-electron chi connectivity index (χ1n) is 9.12. The Kier molecular flexibility index (Phi) is 6.46. The van der Waals surface area contributed by atoms with Gasteiger partial charge >= 0.3 is 5.97 Å². The fourth-order valence-corrected chi connectivity index (χ4v) is 3.28. The molecule has 3 rings (SSSR count). The van der Waals surface area contributed by atoms with E-state index in [9.17, 15) is 14.0 Å². The summed E-state index contributed by atoms with van der Waals surface area (Å²) in [6.45, 7) is 3.42. The number of aromatic nitrogens is 1. The van der Waals surface area contributed by atoms with Crippen molar-refractivity contribution in [2.45, 2.75) is 19.8 Å². The van der Waals surface area contributed by atoms with Gasteiger partial charge in [0.05, 0.1) is 17.2 Å². The standard InChI is InChI=1S/C20H21ClFN3O3/c1-2-28-20(27)14-3-6-18(23-12-14)25-9-7-13(8-10-25)19(26)24-15-4-5-17(22)16(21)11-15/h3-6,11-13H,2,7-10H2,1H3,(H,24,26). The van der Waals surface area contributed by atoms with Crippen LogP contribution in [0, 0.1) is 11.7 Å². The van der Waals surface area contributed by atoms with Crippen LogP contribution in [0.15, 0.2) is 36.5 Å². The van der Waals surface area contributed by atoms with Gasteiger partial charge in [-0.1, -0.05) is 11.6 Å². The largest absolute Gasteiger partial charge is 0.462 e. The predicted octanol–water partition coefficient (Wildman–Crippen LogP) is 3.91. The minimum atomic E-state index is -0.519. The van der Waals surface area contributed by atoms with Gasteiger partial charge in [0.1, 0.15) is 11.6 Å². The second-order valence-corrected chi connectivity index (χ2v) is 6.91. The van der Waals surface area contributed by atoms with E-state index in [0.29, 0.717) is 43.8 Å². The molecule has 1 aromatic heterocycles. The number of nitrogens with one attached hydrogen (secondary N) is 1. The van der Waals surface area contributed by atoms with Gasteiger partial charge in [-0.25, -0.2) is 14.2 Å². The third-order valence-corrected chi connectivity index (χ3v) is 4.93. The van der Waals surface area contributed by atoms with Crippen LogP contribution in [0.5, 0.6) is 0 Å². The van der Waals surface area contributed by atoms with Crippen molar-refractivity contribution in [1.82, 2.24) is 4.98 Å². The number of carbonyl (C=O) groups is 2. The molecule has 1 aliphatic rings. The third-order valence-electron chi connectivity index (χ3n) is 4.64. The molecule has 1 fully saturated rings. The number of piperidine rings is 1. The number of amides is 1. The molecule has 1 saturated heterocycles. The van der Waals surface area contributed by atoms with E-state index in [-0.39, 0.29) is 16.8 Å². The van der Waals surface area contributed by atoms with Crippen molar-refractivity contribution >= 4 is 35.0 Å². The van der Waals surface area contributed by atoms with Crippen LogP contribution in [0.25, 0.3) is 0 Å². The minimum absolute atomic E-state index is 0.0232. The average Bonchev–Trinajstić information content (AvgIpc) is 2.71. The molecule has 0 unspecified atom stereocenters. The number of ether oxygens (including phenoxy) is 1. The van der Waals surface area contributed by atoms with Crippen molar-refractivity contribution in [3.05, 3.63) is 52.9 Å². The topological polar surface area (TPSA) is 71.5 Å². The van der Waals surface area contributed by atoms with Gasteiger partial charge in [-0.2, -0.15) is 0 Å². The Hall–Kier alpha value is -2.67. The molecule has 6 nitrogen and oxygen atoms in total. The van der Waals surface area contributed by atoms with E-state index in [0.717, 1.165) is 5.82 Å². The van der Waals surface area contributed by atoms with Crippen LogP contribution < -0.4 is 10.2 Å². The third kappa shape index (κ3) is 4.78. The average molecular weight is 406 g/mol. The fraction of sp³-hybridized carbons (Fsp3) is 0.350. The number of esters is 1. The Balaban J connectivity index is 1.54. The first-order valence-corrected chi connectivity index (χ1v) is 9.49. The van der Waals surface area contributed by atoms with E-state index in [4.69, 9.17) is 16.3 Å². The summed E-state index contributed by atoms with van der Waals surface area (Å²) in [4.78, 5) is 30.6. The van der Waals surface area contributed by atoms with Crippen LogP contribution in [-0.4, -0.2) is 36.6 Å². The molecule has 0 spiro atoms. The summed E-state index contributed by atoms with van der Waals surface area (Å²) in [7, 11) is 0. The van der Waals surface area contributed by atoms with Gasteiger partial charge in [0.25, 0.3) is 0 Å². The second kappa shape index (κ2) is 9.01. The number of halogens is 2. The molecular formula is C20H21ClFN3O3. The summed E-state index contributed by atoms with van der Waals surface area (Å²) >= 11 is 5.75. The van der Waals surface area contributed by atoms with E-state index in [1.165, 1.54) is 24.4 Å². The molecule has 2 heterocycles. The van der Waals surface area contributed by atoms with Crippen LogP contribution in [0.3, 0.4) is 0 Å². The molecule has 1 N–H and O–H groups in total. The maximum atomic E-state index is 13.2. The highest BCUT2D eigenvalue weighted by molar-refractivity contribution is 6.31. The molecule has 8 heteroatoms. The number of rotatable bonds is 5. The number of pyridine rings is 1. The van der Waals surface area contributed by atoms with E-state index >= 15 is 0 Å². The van der Waals surface area contributed by atoms with E-state index in [1.54, 1.807) is 19.1 Å². The van der Waals surface area contributed by atoms with Crippen molar-refractivity contribution in [2.24, 2.45) is 5.92 Å². The van der Waals surface area contributed by atoms with E-state index in [2.05, 4.69) is 15.2 Å². The lowest BCUT2D eigenvalue weighted by molar-refractivity contribution is -0.120. The highest BCUT2D eigenvalue weighted by Gasteiger charge is 2.26. The van der Waals surface area contributed by atoms with Gasteiger partial charge in [-0.15, -0.1) is 0 Å². The normalized spacial score (nSPS) is 14.6. The molecule has 0 atom stereocenters. The number of nitrogens with zero attached hydrogens (tertiary/aromatic N) is 2. The predicted molar refractivity (Wildman–Crippen MR) is 105 cm³/mol. The van der Waals surface area contributed by atoms with Crippen molar-refractivity contribution in [2.75, 3.05) is 29.9 Å². The number of benzene rings is 1. The number of hydrogen-bond donors (Lipinski definition) is 1. The molecular weight excluding hydrogens is 385 g/mol. The van der Waals surface area contributed by atoms with Crippen LogP contribution in [0.4, 0.5) is 15.9 Å². The Bertz CT molecular complexity index is 852. The number of hydrogen-bond acceptors (Lipinski definition) is 5. The van der Waals surface area contributed by atoms with Gasteiger partial charge in [0.15, 0.2) is 0 Å². The Morgan fingerprint density at radius 3 is 2.64 bits per heavy atom. The van der Waals surface area contributed by atoms with Gasteiger partial charge in [0, 0.05) is 30.9 Å². The highest BCUT2D eigenvalue weighted by atomic mass is 35.5. The first kappa shape index (κ1) is 20.1. The summed E-state index contributed by atoms with van der Waals surface area (Å²) in [5.41, 5.74) is 0.896. The Morgan fingerprint density at radius 2 is 2.04 bits per heavy atom. The van der Waals surface area contributed by atoms with E-state index in [1.807, 2.05) is 0 Å². The van der Waals surface area contributed by atoms with Crippen molar-refractivity contribution in [3.8, 4) is 0 Å². The van der Waals surface area contributed by atoms with Gasteiger partial charge in [-0.05, 0) is 50.1 Å². The SMILES string of the molecule is CCOC(=O)c1ccc(N2CCC(C(=O)Nc3ccc(F)c(Cl)c3)CC2)nc1. The summed E-state index contributed by atoms with van der Waals surface area (Å²) in [6.07, 6.45) is 2.84. The molecule has 0 saturated carbocycles. The second-order valence-electron chi connectivity index (χ2n) is 6.51. The molecule has 2 aromatic rings. The fourth-order valence-electron chi connectivity index (χ4n) is 3.10. The van der Waals surface area contributed by atoms with Crippen molar-refractivity contribution in [1.29, 1.82) is 0 Å². The molecule has 0 aliphatic carbocycles. The zero-order chi connectivity index (χ0) is 20.1. The molecule has 1 amide bonds. The molecule has 28 heavy (non-hydrogen) atoms. The Morgan fingerprint density at radius 1 is 1.29 bits per heavy atom. The molecule has 148 valence electrons. The minimum Gasteiger partial charge on any atom is -0.462 e. The zero-order valence-electron chi connectivity index (χ0n) is 15.5. The van der Waals surface area contributed by atoms with Crippen molar-refractivity contribution in [3.63, 3.8) is 0 Å². The lowest BCUT2D eigenvalue weighted by atomic mass is 9.95. The summed E-state index contributed by atoms with van der Waals surface area (Å²) in [5.74, 6) is -0.392. The van der Waals surface area contributed by atoms with Crippen LogP contribution in [0.1, 0.15) is 30.1 Å². The smallest absolute Gasteiger partial charge is 0.339 e. The van der Waals surface area contributed by atoms with Crippen LogP contribution in [-0.2, 0) is 9.53 Å². The Labute approximate surface area is 167 Å². The molecule has 1 aromatic carbocycles. The molecule has 1 aliphatic heterocycles. The summed E-state index contributed by atoms with van der Waals surface area (Å²) < 4.78 is 18.2. The lowest BCUT2D eigenvalue weighted by Crippen LogP contribution is -2.38. The molecule has 0 radical (unpaired) electrons. The molecule has 0 bridgehead atoms. The highest BCUT2D eigenvalue weighted by Crippen LogP contribution is 2.25.